The number of aromatic hydroxyl groups is 2. The van der Waals surface area contributed by atoms with Crippen LogP contribution >= 0.6 is 0 Å². The number of benzene rings is 2. The molecule has 3 aliphatic heterocycles. The number of carboxylic acid groups (broad SMARTS) is 1. The Bertz CT molecular complexity index is 2180. The summed E-state index contributed by atoms with van der Waals surface area (Å²) >= 11 is 0. The molecule has 5 heterocycles. The number of aromatic carboxylic acids is 1. The van der Waals surface area contributed by atoms with Gasteiger partial charge >= 0.3 is 5.97 Å². The molecule has 12 N–H and O–H groups in total. The van der Waals surface area contributed by atoms with E-state index in [1.165, 1.54) is 13.0 Å². The first kappa shape index (κ1) is 41.7. The van der Waals surface area contributed by atoms with Crippen LogP contribution in [0, 0.1) is 0 Å². The summed E-state index contributed by atoms with van der Waals surface area (Å²) in [5.41, 5.74) is -1.01. The number of hydrogen-bond donors (Lipinski definition) is 12. The zero-order chi connectivity index (χ0) is 41.9. The first-order valence-electron chi connectivity index (χ1n) is 17.7. The first-order chi connectivity index (χ1) is 27.5. The van der Waals surface area contributed by atoms with Crippen LogP contribution in [0.4, 0.5) is 0 Å². The highest BCUT2D eigenvalue weighted by Crippen LogP contribution is 2.45. The third kappa shape index (κ3) is 7.60. The maximum Gasteiger partial charge on any atom is 0.371 e. The van der Waals surface area contributed by atoms with E-state index in [1.54, 1.807) is 0 Å². The van der Waals surface area contributed by atoms with Gasteiger partial charge in [-0.2, -0.15) is 0 Å². The molecule has 22 nitrogen and oxygen atoms in total. The Balaban J connectivity index is 1.21. The Labute approximate surface area is 324 Å². The Morgan fingerprint density at radius 3 is 2.00 bits per heavy atom. The zero-order valence-corrected chi connectivity index (χ0v) is 30.0. The van der Waals surface area contributed by atoms with Crippen LogP contribution < -0.4 is 10.2 Å². The van der Waals surface area contributed by atoms with Crippen molar-refractivity contribution in [1.29, 1.82) is 0 Å². The maximum atomic E-state index is 12.6. The largest absolute Gasteiger partial charge is 0.504 e. The fraction of sp³-hybridized carbons (Fsp3) is 0.500. The standard InChI is InChI=1S/C36H40O22/c1-10-22(41)27(46)32(58-34-28(47)25(44)23(42)19(8-37)55-34)36(52-10)51-9-20-24(43)26(45)29(48)35(56-20)57-31-13-7-18(33(49)50)53-16-5-12(38)6-17(21(13)16)54-30(31)11-2-3-14(39)15(40)4-11/h2-7,10,19-20,22-29,32,34-37,39-48H,8-9H2,1H3,(H,49,50)/t10-,19+,20+,22-,23+,24+,25-,26-,27+,28+,29+,32+,34-,35-,36+/m0/s1. The van der Waals surface area contributed by atoms with Crippen molar-refractivity contribution >= 4 is 27.9 Å². The lowest BCUT2D eigenvalue weighted by Crippen LogP contribution is -2.64. The smallest absolute Gasteiger partial charge is 0.371 e. The highest BCUT2D eigenvalue weighted by Gasteiger charge is 2.51. The van der Waals surface area contributed by atoms with Gasteiger partial charge in [-0.25, -0.2) is 4.79 Å². The predicted molar refractivity (Wildman–Crippen MR) is 186 cm³/mol. The van der Waals surface area contributed by atoms with E-state index in [0.29, 0.717) is 0 Å². The average Bonchev–Trinajstić information content (AvgIpc) is 3.19. The second kappa shape index (κ2) is 16.3. The number of carbonyl (C=O) groups is 1. The molecule has 4 aromatic rings. The van der Waals surface area contributed by atoms with Gasteiger partial charge in [-0.3, -0.25) is 4.79 Å². The molecule has 0 amide bonds. The molecule has 2 aromatic heterocycles. The minimum absolute atomic E-state index is 0.00131. The first-order valence-corrected chi connectivity index (χ1v) is 17.7. The summed E-state index contributed by atoms with van der Waals surface area (Å²) in [6, 6.07) is 6.50. The van der Waals surface area contributed by atoms with Gasteiger partial charge in [-0.15, -0.1) is 0 Å². The molecular weight excluding hydrogens is 784 g/mol. The minimum atomic E-state index is -2.04. The van der Waals surface area contributed by atoms with Gasteiger partial charge < -0.3 is 98.5 Å². The summed E-state index contributed by atoms with van der Waals surface area (Å²) in [5, 5.41) is 125. The van der Waals surface area contributed by atoms with Crippen molar-refractivity contribution in [2.45, 2.75) is 99.0 Å². The van der Waals surface area contributed by atoms with Crippen LogP contribution in [0.2, 0.25) is 0 Å². The van der Waals surface area contributed by atoms with E-state index in [1.807, 2.05) is 0 Å². The number of rotatable bonds is 10. The van der Waals surface area contributed by atoms with Crippen LogP contribution in [0.15, 0.2) is 50.0 Å². The molecule has 3 saturated heterocycles. The van der Waals surface area contributed by atoms with Crippen molar-refractivity contribution in [1.82, 2.24) is 0 Å². The van der Waals surface area contributed by atoms with E-state index in [-0.39, 0.29) is 39.0 Å². The van der Waals surface area contributed by atoms with Crippen LogP contribution in [0.5, 0.6) is 17.2 Å². The van der Waals surface area contributed by atoms with E-state index >= 15 is 0 Å². The van der Waals surface area contributed by atoms with Crippen molar-refractivity contribution in [3.8, 4) is 28.6 Å². The Kier molecular flexibility index (Phi) is 11.7. The van der Waals surface area contributed by atoms with Crippen molar-refractivity contribution in [3.63, 3.8) is 0 Å². The molecule has 2 aromatic carbocycles. The van der Waals surface area contributed by atoms with Crippen LogP contribution in [-0.2, 0) is 23.7 Å². The fourth-order valence-corrected chi connectivity index (χ4v) is 6.95. The monoisotopic (exact) mass is 824 g/mol. The summed E-state index contributed by atoms with van der Waals surface area (Å²) in [6.45, 7) is -0.168. The van der Waals surface area contributed by atoms with Gasteiger partial charge in [0.1, 0.15) is 78.3 Å². The highest BCUT2D eigenvalue weighted by atomic mass is 16.8. The lowest BCUT2D eigenvalue weighted by atomic mass is 9.97. The van der Waals surface area contributed by atoms with Crippen molar-refractivity contribution in [2.75, 3.05) is 13.2 Å². The number of hydrogen-bond acceptors (Lipinski definition) is 21. The number of phenolic OH excluding ortho intramolecular Hbond substituents is 2. The molecule has 58 heavy (non-hydrogen) atoms. The topological polar surface area (TPSA) is 359 Å². The molecule has 0 aliphatic carbocycles. The highest BCUT2D eigenvalue weighted by molar-refractivity contribution is 6.11. The Hall–Kier alpha value is -4.50. The van der Waals surface area contributed by atoms with E-state index in [0.717, 1.165) is 30.3 Å². The molecule has 0 bridgehead atoms. The van der Waals surface area contributed by atoms with E-state index in [9.17, 15) is 70.9 Å². The third-order valence-corrected chi connectivity index (χ3v) is 10.2. The normalized spacial score (nSPS) is 35.7. The van der Waals surface area contributed by atoms with Gasteiger partial charge in [0.2, 0.25) is 12.1 Å². The van der Waals surface area contributed by atoms with Crippen molar-refractivity contribution in [2.24, 2.45) is 0 Å². The molecule has 0 saturated carbocycles. The summed E-state index contributed by atoms with van der Waals surface area (Å²) in [7, 11) is 0. The second-order valence-corrected chi connectivity index (χ2v) is 14.0. The second-order valence-electron chi connectivity index (χ2n) is 14.0. The van der Waals surface area contributed by atoms with Crippen molar-refractivity contribution in [3.05, 3.63) is 52.4 Å². The van der Waals surface area contributed by atoms with Gasteiger partial charge in [0, 0.05) is 29.1 Å². The van der Waals surface area contributed by atoms with Gasteiger partial charge in [0.25, 0.3) is 0 Å². The summed E-state index contributed by atoms with van der Waals surface area (Å²) in [5.74, 6) is -4.05. The van der Waals surface area contributed by atoms with Gasteiger partial charge in [-0.05, 0) is 25.1 Å². The fourth-order valence-electron chi connectivity index (χ4n) is 6.95. The maximum absolute atomic E-state index is 12.6. The van der Waals surface area contributed by atoms with Crippen molar-refractivity contribution < 1.29 is 103 Å². The quantitative estimate of drug-likeness (QED) is 0.0717. The summed E-state index contributed by atoms with van der Waals surface area (Å²) in [4.78, 5) is 24.7. The SMILES string of the molecule is C[C@@H]1O[C@@H](OC[C@H]2O[C@@H](Oc3c(-c4ccc(O)c(O)c4)oc4cc(=O)cc5oc(C(=O)O)cc3c54)[C@H](O)[C@@H](O)[C@@H]2O)[C@H](O[C@@H]2O[C@H](CO)[C@@H](O)[C@H](O)[C@H]2O)[C@H](O)[C@H]1O. The van der Waals surface area contributed by atoms with E-state index in [2.05, 4.69) is 0 Å². The van der Waals surface area contributed by atoms with Crippen LogP contribution in [0.1, 0.15) is 17.5 Å². The number of phenols is 2. The molecule has 316 valence electrons. The summed E-state index contributed by atoms with van der Waals surface area (Å²) in [6.07, 6.45) is -26.1. The molecule has 22 heteroatoms. The number of aliphatic hydroxyl groups excluding tert-OH is 9. The predicted octanol–water partition coefficient (Wildman–Crippen LogP) is -2.83. The van der Waals surface area contributed by atoms with E-state index < -0.39 is 134 Å². The molecule has 7 rings (SSSR count). The number of aliphatic hydroxyl groups is 9. The summed E-state index contributed by atoms with van der Waals surface area (Å²) < 4.78 is 46.0. The molecule has 3 aliphatic rings. The molecule has 15 atom stereocenters. The lowest BCUT2D eigenvalue weighted by Gasteiger charge is -2.46. The molecule has 3 fully saturated rings. The van der Waals surface area contributed by atoms with Crippen LogP contribution in [0.25, 0.3) is 33.3 Å². The lowest BCUT2D eigenvalue weighted by molar-refractivity contribution is -0.369. The molecule has 0 unspecified atom stereocenters. The number of ether oxygens (including phenoxy) is 6. The number of carboxylic acids is 1. The Morgan fingerprint density at radius 2 is 1.34 bits per heavy atom. The van der Waals surface area contributed by atoms with E-state index in [4.69, 9.17) is 37.3 Å². The van der Waals surface area contributed by atoms with Gasteiger partial charge in [0.15, 0.2) is 41.0 Å². The van der Waals surface area contributed by atoms with Gasteiger partial charge in [0.05, 0.1) is 24.7 Å². The third-order valence-electron chi connectivity index (χ3n) is 10.2. The Morgan fingerprint density at radius 1 is 0.707 bits per heavy atom. The minimum Gasteiger partial charge on any atom is -0.504 e. The molecular formula is C36H40O22. The zero-order valence-electron chi connectivity index (χ0n) is 30.0. The van der Waals surface area contributed by atoms with Gasteiger partial charge in [-0.1, -0.05) is 0 Å². The molecule has 0 spiro atoms. The molecule has 0 radical (unpaired) electrons. The van der Waals surface area contributed by atoms with Crippen LogP contribution in [-0.4, -0.2) is 173 Å². The average molecular weight is 825 g/mol. The van der Waals surface area contributed by atoms with Crippen LogP contribution in [0.3, 0.4) is 0 Å².